The first-order valence-corrected chi connectivity index (χ1v) is 5.28. The number of thiophene rings is 2. The highest BCUT2D eigenvalue weighted by atomic mass is 32.1. The molecule has 0 saturated heterocycles. The van der Waals surface area contributed by atoms with Gasteiger partial charge in [-0.05, 0) is 22.9 Å². The highest BCUT2D eigenvalue weighted by Crippen LogP contribution is 2.23. The van der Waals surface area contributed by atoms with Crippen LogP contribution in [0.15, 0.2) is 22.9 Å². The van der Waals surface area contributed by atoms with Crippen LogP contribution in [-0.4, -0.2) is 9.97 Å². The lowest BCUT2D eigenvalue weighted by atomic mass is 10.5. The van der Waals surface area contributed by atoms with E-state index in [1.54, 1.807) is 22.7 Å². The van der Waals surface area contributed by atoms with Crippen molar-refractivity contribution in [2.45, 2.75) is 0 Å². The van der Waals surface area contributed by atoms with Gasteiger partial charge in [-0.2, -0.15) is 0 Å². The number of nitrogens with zero attached hydrogens (tertiary/aromatic N) is 2. The van der Waals surface area contributed by atoms with Crippen LogP contribution in [0.1, 0.15) is 0 Å². The minimum absolute atomic E-state index is 1.01. The molecule has 0 atom stereocenters. The molecule has 3 heterocycles. The second-order valence-corrected chi connectivity index (χ2v) is 4.23. The third kappa shape index (κ3) is 0.790. The van der Waals surface area contributed by atoms with Gasteiger partial charge in [0, 0.05) is 0 Å². The van der Waals surface area contributed by atoms with Crippen LogP contribution in [0.4, 0.5) is 0 Å². The van der Waals surface area contributed by atoms with E-state index in [-0.39, 0.29) is 0 Å². The van der Waals surface area contributed by atoms with Crippen LogP contribution < -0.4 is 0 Å². The molecule has 12 heavy (non-hydrogen) atoms. The summed E-state index contributed by atoms with van der Waals surface area (Å²) in [6.07, 6.45) is 0. The highest BCUT2D eigenvalue weighted by Gasteiger charge is 2.01. The second-order valence-electron chi connectivity index (χ2n) is 2.45. The smallest absolute Gasteiger partial charge is 0.143 e. The second kappa shape index (κ2) is 2.24. The van der Waals surface area contributed by atoms with Crippen LogP contribution >= 0.6 is 22.7 Å². The monoisotopic (exact) mass is 192 g/mol. The molecule has 3 rings (SSSR count). The van der Waals surface area contributed by atoms with E-state index in [4.69, 9.17) is 0 Å². The standard InChI is InChI=1S/C8H4N2S2/c1-3-11-7-5(1)9-6-2-4-12-8(6)10-7/h1-4H. The van der Waals surface area contributed by atoms with E-state index in [9.17, 15) is 0 Å². The lowest BCUT2D eigenvalue weighted by Gasteiger charge is -1.87. The van der Waals surface area contributed by atoms with Crippen molar-refractivity contribution in [3.8, 4) is 0 Å². The number of rotatable bonds is 0. The van der Waals surface area contributed by atoms with Crippen LogP contribution in [0.2, 0.25) is 0 Å². The molecule has 0 saturated carbocycles. The fraction of sp³-hybridized carbons (Fsp3) is 0. The molecule has 0 fully saturated rings. The van der Waals surface area contributed by atoms with E-state index < -0.39 is 0 Å². The summed E-state index contributed by atoms with van der Waals surface area (Å²) < 4.78 is 0. The van der Waals surface area contributed by atoms with Crippen LogP contribution in [0.5, 0.6) is 0 Å². The first-order chi connectivity index (χ1) is 5.93. The van der Waals surface area contributed by atoms with Gasteiger partial charge in [0.05, 0.1) is 0 Å². The highest BCUT2D eigenvalue weighted by molar-refractivity contribution is 7.18. The van der Waals surface area contributed by atoms with Crippen molar-refractivity contribution in [1.82, 2.24) is 9.97 Å². The molecular formula is C8H4N2S2. The Hall–Kier alpha value is -1.00. The van der Waals surface area contributed by atoms with Gasteiger partial charge in [0.1, 0.15) is 20.7 Å². The zero-order valence-electron chi connectivity index (χ0n) is 6.02. The number of fused-ring (bicyclic) bond motifs is 2. The van der Waals surface area contributed by atoms with E-state index in [1.807, 2.05) is 22.9 Å². The normalized spacial score (nSPS) is 11.3. The summed E-state index contributed by atoms with van der Waals surface area (Å²) in [6, 6.07) is 4.01. The van der Waals surface area contributed by atoms with Gasteiger partial charge < -0.3 is 0 Å². The van der Waals surface area contributed by atoms with Crippen molar-refractivity contribution in [2.24, 2.45) is 0 Å². The molecule has 0 spiro atoms. The summed E-state index contributed by atoms with van der Waals surface area (Å²) >= 11 is 3.28. The molecule has 4 heteroatoms. The van der Waals surface area contributed by atoms with E-state index in [0.29, 0.717) is 0 Å². The molecule has 2 nitrogen and oxygen atoms in total. The van der Waals surface area contributed by atoms with E-state index >= 15 is 0 Å². The van der Waals surface area contributed by atoms with Gasteiger partial charge in [0.25, 0.3) is 0 Å². The quantitative estimate of drug-likeness (QED) is 0.547. The van der Waals surface area contributed by atoms with Gasteiger partial charge in [-0.15, -0.1) is 22.7 Å². The third-order valence-electron chi connectivity index (χ3n) is 1.69. The van der Waals surface area contributed by atoms with Gasteiger partial charge in [-0.25, -0.2) is 9.97 Å². The Morgan fingerprint density at radius 1 is 0.833 bits per heavy atom. The Bertz CT molecular complexity index is 447. The van der Waals surface area contributed by atoms with E-state index in [2.05, 4.69) is 9.97 Å². The van der Waals surface area contributed by atoms with Gasteiger partial charge in [-0.1, -0.05) is 0 Å². The molecule has 58 valence electrons. The van der Waals surface area contributed by atoms with E-state index in [1.165, 1.54) is 0 Å². The zero-order chi connectivity index (χ0) is 7.97. The molecule has 0 bridgehead atoms. The summed E-state index contributed by atoms with van der Waals surface area (Å²) in [5, 5.41) is 4.04. The maximum Gasteiger partial charge on any atom is 0.143 e. The molecule has 0 N–H and O–H groups in total. The average Bonchev–Trinajstić information content (AvgIpc) is 2.64. The predicted molar refractivity (Wildman–Crippen MR) is 52.8 cm³/mol. The minimum Gasteiger partial charge on any atom is -0.243 e. The molecule has 3 aromatic heterocycles. The predicted octanol–water partition coefficient (Wildman–Crippen LogP) is 2.91. The summed E-state index contributed by atoms with van der Waals surface area (Å²) in [5.41, 5.74) is 2.01. The van der Waals surface area contributed by atoms with Crippen molar-refractivity contribution in [1.29, 1.82) is 0 Å². The van der Waals surface area contributed by atoms with Gasteiger partial charge >= 0.3 is 0 Å². The van der Waals surface area contributed by atoms with Crippen molar-refractivity contribution in [3.05, 3.63) is 22.9 Å². The molecule has 0 aromatic carbocycles. The third-order valence-corrected chi connectivity index (χ3v) is 3.29. The molecular weight excluding hydrogens is 188 g/mol. The Morgan fingerprint density at radius 2 is 1.42 bits per heavy atom. The van der Waals surface area contributed by atoms with Crippen molar-refractivity contribution in [3.63, 3.8) is 0 Å². The van der Waals surface area contributed by atoms with Crippen molar-refractivity contribution in [2.75, 3.05) is 0 Å². The fourth-order valence-corrected chi connectivity index (χ4v) is 2.61. The summed E-state index contributed by atoms with van der Waals surface area (Å²) in [6.45, 7) is 0. The first kappa shape index (κ1) is 6.51. The molecule has 0 amide bonds. The van der Waals surface area contributed by atoms with Crippen LogP contribution in [-0.2, 0) is 0 Å². The average molecular weight is 192 g/mol. The zero-order valence-corrected chi connectivity index (χ0v) is 7.65. The van der Waals surface area contributed by atoms with Gasteiger partial charge in [-0.3, -0.25) is 0 Å². The fourth-order valence-electron chi connectivity index (χ4n) is 1.15. The summed E-state index contributed by atoms with van der Waals surface area (Å²) in [7, 11) is 0. The topological polar surface area (TPSA) is 25.8 Å². The van der Waals surface area contributed by atoms with Gasteiger partial charge in [0.15, 0.2) is 0 Å². The molecule has 0 aliphatic heterocycles. The SMILES string of the molecule is c1cc2nc3ccsc3nc2s1. The van der Waals surface area contributed by atoms with Crippen LogP contribution in [0, 0.1) is 0 Å². The Labute approximate surface area is 76.5 Å². The molecule has 0 unspecified atom stereocenters. The van der Waals surface area contributed by atoms with Crippen molar-refractivity contribution < 1.29 is 0 Å². The molecule has 0 aliphatic carbocycles. The van der Waals surface area contributed by atoms with Crippen LogP contribution in [0.3, 0.4) is 0 Å². The van der Waals surface area contributed by atoms with E-state index in [0.717, 1.165) is 20.7 Å². The maximum absolute atomic E-state index is 4.47. The Kier molecular flexibility index (Phi) is 1.22. The van der Waals surface area contributed by atoms with Crippen molar-refractivity contribution >= 4 is 43.4 Å². The lowest BCUT2D eigenvalue weighted by molar-refractivity contribution is 1.46. The summed E-state index contributed by atoms with van der Waals surface area (Å²) in [5.74, 6) is 0. The molecule has 0 aliphatic rings. The lowest BCUT2D eigenvalue weighted by Crippen LogP contribution is -1.76. The first-order valence-electron chi connectivity index (χ1n) is 3.52. The largest absolute Gasteiger partial charge is 0.243 e. The Balaban J connectivity index is 2.62. The van der Waals surface area contributed by atoms with Crippen LogP contribution in [0.25, 0.3) is 20.7 Å². The number of aromatic nitrogens is 2. The maximum atomic E-state index is 4.47. The molecule has 0 radical (unpaired) electrons. The molecule has 3 aromatic rings. The Morgan fingerprint density at radius 3 is 2.00 bits per heavy atom. The summed E-state index contributed by atoms with van der Waals surface area (Å²) in [4.78, 5) is 11.0. The number of hydrogen-bond donors (Lipinski definition) is 0. The number of hydrogen-bond acceptors (Lipinski definition) is 4. The minimum atomic E-state index is 1.01. The van der Waals surface area contributed by atoms with Gasteiger partial charge in [0.2, 0.25) is 0 Å².